The summed E-state index contributed by atoms with van der Waals surface area (Å²) in [5, 5.41) is 0. The van der Waals surface area contributed by atoms with Gasteiger partial charge in [-0.05, 0) is 45.3 Å². The maximum atomic E-state index is 11.4. The third-order valence-corrected chi connectivity index (χ3v) is 3.83. The van der Waals surface area contributed by atoms with Crippen LogP contribution in [0.4, 0.5) is 0 Å². The second-order valence-electron chi connectivity index (χ2n) is 5.68. The Hall–Kier alpha value is -1.37. The van der Waals surface area contributed by atoms with E-state index < -0.39 is 7.12 Å². The van der Waals surface area contributed by atoms with Crippen molar-refractivity contribution >= 4 is 18.5 Å². The number of amides is 1. The zero-order valence-electron chi connectivity index (χ0n) is 11.7. The number of carbonyl (C=O) groups is 1. The Kier molecular flexibility index (Phi) is 3.42. The number of hydrazine groups is 1. The fraction of sp³-hybridized carbons (Fsp3) is 0.462. The first-order valence-corrected chi connectivity index (χ1v) is 6.23. The fourth-order valence-corrected chi connectivity index (χ4v) is 1.85. The third-order valence-electron chi connectivity index (χ3n) is 3.83. The highest BCUT2D eigenvalue weighted by molar-refractivity contribution is 6.62. The molecule has 0 atom stereocenters. The Balaban J connectivity index is 2.19. The SMILES string of the molecule is CC1(C)OB(c2ccc(C(=O)NN)cc2)OC1(C)C. The van der Waals surface area contributed by atoms with Gasteiger partial charge in [0.1, 0.15) is 0 Å². The lowest BCUT2D eigenvalue weighted by Crippen LogP contribution is -2.41. The first-order valence-electron chi connectivity index (χ1n) is 6.23. The van der Waals surface area contributed by atoms with Crippen molar-refractivity contribution in [3.63, 3.8) is 0 Å². The lowest BCUT2D eigenvalue weighted by atomic mass is 9.79. The van der Waals surface area contributed by atoms with Crippen LogP contribution in [0.5, 0.6) is 0 Å². The number of nitrogens with one attached hydrogen (secondary N) is 1. The molecule has 3 N–H and O–H groups in total. The maximum absolute atomic E-state index is 11.4. The van der Waals surface area contributed by atoms with E-state index >= 15 is 0 Å². The topological polar surface area (TPSA) is 73.6 Å². The van der Waals surface area contributed by atoms with E-state index in [2.05, 4.69) is 5.43 Å². The van der Waals surface area contributed by atoms with Crippen molar-refractivity contribution in [2.24, 2.45) is 5.84 Å². The standard InChI is InChI=1S/C13H19BN2O3/c1-12(2)13(3,4)19-14(18-12)10-7-5-9(6-8-10)11(17)16-15/h5-8H,15H2,1-4H3,(H,16,17). The van der Waals surface area contributed by atoms with E-state index in [1.54, 1.807) is 12.1 Å². The molecule has 0 saturated carbocycles. The summed E-state index contributed by atoms with van der Waals surface area (Å²) in [7, 11) is -0.417. The van der Waals surface area contributed by atoms with E-state index in [-0.39, 0.29) is 17.1 Å². The smallest absolute Gasteiger partial charge is 0.399 e. The van der Waals surface area contributed by atoms with Crippen LogP contribution in [0.15, 0.2) is 24.3 Å². The van der Waals surface area contributed by atoms with Crippen LogP contribution in [-0.2, 0) is 9.31 Å². The van der Waals surface area contributed by atoms with Gasteiger partial charge in [0.05, 0.1) is 11.2 Å². The quantitative estimate of drug-likeness (QED) is 0.354. The van der Waals surface area contributed by atoms with E-state index in [0.717, 1.165) is 5.46 Å². The predicted molar refractivity (Wildman–Crippen MR) is 73.8 cm³/mol. The van der Waals surface area contributed by atoms with Crippen LogP contribution in [0, 0.1) is 0 Å². The number of benzene rings is 1. The van der Waals surface area contributed by atoms with Gasteiger partial charge in [-0.15, -0.1) is 0 Å². The zero-order valence-corrected chi connectivity index (χ0v) is 11.7. The van der Waals surface area contributed by atoms with Gasteiger partial charge in [-0.2, -0.15) is 0 Å². The molecule has 1 aromatic carbocycles. The first kappa shape index (κ1) is 14.1. The normalized spacial score (nSPS) is 20.4. The molecule has 1 aliphatic heterocycles. The molecule has 0 aromatic heterocycles. The highest BCUT2D eigenvalue weighted by Gasteiger charge is 2.51. The summed E-state index contributed by atoms with van der Waals surface area (Å²) < 4.78 is 11.9. The van der Waals surface area contributed by atoms with Gasteiger partial charge in [-0.1, -0.05) is 12.1 Å². The van der Waals surface area contributed by atoms with E-state index in [1.165, 1.54) is 0 Å². The molecule has 5 nitrogen and oxygen atoms in total. The molecule has 1 aliphatic rings. The van der Waals surface area contributed by atoms with Gasteiger partial charge in [0.25, 0.3) is 5.91 Å². The summed E-state index contributed by atoms with van der Waals surface area (Å²) in [5.74, 6) is 4.77. The largest absolute Gasteiger partial charge is 0.494 e. The van der Waals surface area contributed by atoms with Crippen LogP contribution in [0.25, 0.3) is 0 Å². The summed E-state index contributed by atoms with van der Waals surface area (Å²) in [6.45, 7) is 8.01. The van der Waals surface area contributed by atoms with Crippen LogP contribution in [0.3, 0.4) is 0 Å². The van der Waals surface area contributed by atoms with Gasteiger partial charge in [0, 0.05) is 5.56 Å². The molecule has 0 unspecified atom stereocenters. The maximum Gasteiger partial charge on any atom is 0.494 e. The van der Waals surface area contributed by atoms with Crippen LogP contribution in [0.2, 0.25) is 0 Å². The molecule has 19 heavy (non-hydrogen) atoms. The molecule has 1 saturated heterocycles. The molecule has 2 rings (SSSR count). The minimum atomic E-state index is -0.417. The predicted octanol–water partition coefficient (Wildman–Crippen LogP) is 0.589. The number of hydrogen-bond acceptors (Lipinski definition) is 4. The van der Waals surface area contributed by atoms with Crippen molar-refractivity contribution in [3.05, 3.63) is 29.8 Å². The van der Waals surface area contributed by atoms with E-state index in [9.17, 15) is 4.79 Å². The number of nitrogens with two attached hydrogens (primary N) is 1. The molecular formula is C13H19BN2O3. The summed E-state index contributed by atoms with van der Waals surface area (Å²) >= 11 is 0. The highest BCUT2D eigenvalue weighted by Crippen LogP contribution is 2.36. The molecule has 1 fully saturated rings. The van der Waals surface area contributed by atoms with Crippen molar-refractivity contribution in [3.8, 4) is 0 Å². The summed E-state index contributed by atoms with van der Waals surface area (Å²) in [5.41, 5.74) is 2.74. The third kappa shape index (κ3) is 2.52. The van der Waals surface area contributed by atoms with Crippen molar-refractivity contribution in [1.29, 1.82) is 0 Å². The lowest BCUT2D eigenvalue weighted by molar-refractivity contribution is 0.00578. The molecule has 1 heterocycles. The summed E-state index contributed by atoms with van der Waals surface area (Å²) in [6.07, 6.45) is 0. The van der Waals surface area contributed by atoms with Crippen molar-refractivity contribution in [2.45, 2.75) is 38.9 Å². The van der Waals surface area contributed by atoms with Crippen molar-refractivity contribution in [1.82, 2.24) is 5.43 Å². The minimum absolute atomic E-state index is 0.319. The van der Waals surface area contributed by atoms with Crippen LogP contribution < -0.4 is 16.7 Å². The average Bonchev–Trinajstić information content (AvgIpc) is 2.58. The molecule has 0 bridgehead atoms. The Labute approximate surface area is 113 Å². The first-order chi connectivity index (χ1) is 8.77. The van der Waals surface area contributed by atoms with Gasteiger partial charge < -0.3 is 9.31 Å². The van der Waals surface area contributed by atoms with Crippen LogP contribution >= 0.6 is 0 Å². The van der Waals surface area contributed by atoms with Gasteiger partial charge in [0.15, 0.2) is 0 Å². The molecule has 6 heteroatoms. The Morgan fingerprint density at radius 1 is 1.11 bits per heavy atom. The Morgan fingerprint density at radius 2 is 1.58 bits per heavy atom. The average molecular weight is 262 g/mol. The molecule has 0 aliphatic carbocycles. The Bertz CT molecular complexity index is 469. The highest BCUT2D eigenvalue weighted by atomic mass is 16.7. The summed E-state index contributed by atoms with van der Waals surface area (Å²) in [6, 6.07) is 7.02. The Morgan fingerprint density at radius 3 is 2.00 bits per heavy atom. The van der Waals surface area contributed by atoms with Crippen LogP contribution in [0.1, 0.15) is 38.1 Å². The number of nitrogen functional groups attached to an aromatic ring is 1. The molecule has 102 valence electrons. The second kappa shape index (κ2) is 4.63. The summed E-state index contributed by atoms with van der Waals surface area (Å²) in [4.78, 5) is 11.4. The van der Waals surface area contributed by atoms with Gasteiger partial charge in [-0.25, -0.2) is 5.84 Å². The van der Waals surface area contributed by atoms with Gasteiger partial charge in [-0.3, -0.25) is 10.2 Å². The van der Waals surface area contributed by atoms with Crippen molar-refractivity contribution in [2.75, 3.05) is 0 Å². The monoisotopic (exact) mass is 262 g/mol. The fourth-order valence-electron chi connectivity index (χ4n) is 1.85. The van der Waals surface area contributed by atoms with E-state index in [1.807, 2.05) is 39.8 Å². The molecule has 0 radical (unpaired) electrons. The second-order valence-corrected chi connectivity index (χ2v) is 5.68. The minimum Gasteiger partial charge on any atom is -0.399 e. The number of carbonyl (C=O) groups excluding carboxylic acids is 1. The molecule has 1 amide bonds. The van der Waals surface area contributed by atoms with E-state index in [0.29, 0.717) is 5.56 Å². The number of hydrogen-bond donors (Lipinski definition) is 2. The lowest BCUT2D eigenvalue weighted by Gasteiger charge is -2.32. The number of rotatable bonds is 2. The molecule has 1 aromatic rings. The van der Waals surface area contributed by atoms with Crippen LogP contribution in [-0.4, -0.2) is 24.2 Å². The van der Waals surface area contributed by atoms with Gasteiger partial charge in [0.2, 0.25) is 0 Å². The zero-order chi connectivity index (χ0) is 14.3. The van der Waals surface area contributed by atoms with Crippen molar-refractivity contribution < 1.29 is 14.1 Å². The molecular weight excluding hydrogens is 243 g/mol. The molecule has 0 spiro atoms. The van der Waals surface area contributed by atoms with Gasteiger partial charge >= 0.3 is 7.12 Å². The van der Waals surface area contributed by atoms with E-state index in [4.69, 9.17) is 15.2 Å².